The molecule has 0 saturated heterocycles. The van der Waals surface area contributed by atoms with E-state index in [0.29, 0.717) is 13.1 Å². The Morgan fingerprint density at radius 1 is 1.60 bits per heavy atom. The standard InChI is InChI=1S/C11H12N2O2/c1-8(6-15-7-14)9-2-3-11-10(4-9)5-12-13-11/h2-5,7-8H,6H2,1H3,(H,12,13). The van der Waals surface area contributed by atoms with Crippen molar-refractivity contribution in [2.24, 2.45) is 0 Å². The number of benzene rings is 1. The number of H-pyrrole nitrogens is 1. The van der Waals surface area contributed by atoms with Crippen molar-refractivity contribution in [1.29, 1.82) is 0 Å². The summed E-state index contributed by atoms with van der Waals surface area (Å²) >= 11 is 0. The second-order valence-electron chi connectivity index (χ2n) is 3.55. The average molecular weight is 204 g/mol. The van der Waals surface area contributed by atoms with Crippen LogP contribution in [0, 0.1) is 0 Å². The zero-order valence-electron chi connectivity index (χ0n) is 8.43. The fraction of sp³-hybridized carbons (Fsp3) is 0.273. The lowest BCUT2D eigenvalue weighted by molar-refractivity contribution is -0.129. The SMILES string of the molecule is CC(COC=O)c1ccc2[nH]ncc2c1. The highest BCUT2D eigenvalue weighted by atomic mass is 16.5. The number of aromatic amines is 1. The van der Waals surface area contributed by atoms with Gasteiger partial charge in [-0.1, -0.05) is 13.0 Å². The molecule has 0 aliphatic heterocycles. The molecule has 1 heterocycles. The number of carbonyl (C=O) groups excluding carboxylic acids is 1. The van der Waals surface area contributed by atoms with E-state index in [9.17, 15) is 4.79 Å². The monoisotopic (exact) mass is 204 g/mol. The van der Waals surface area contributed by atoms with Crippen LogP contribution in [0.3, 0.4) is 0 Å². The van der Waals surface area contributed by atoms with Crippen molar-refractivity contribution in [2.75, 3.05) is 6.61 Å². The predicted octanol–water partition coefficient (Wildman–Crippen LogP) is 1.84. The summed E-state index contributed by atoms with van der Waals surface area (Å²) in [6.45, 7) is 2.91. The van der Waals surface area contributed by atoms with E-state index in [1.807, 2.05) is 19.1 Å². The summed E-state index contributed by atoms with van der Waals surface area (Å²) in [5.41, 5.74) is 2.16. The van der Waals surface area contributed by atoms with Gasteiger partial charge < -0.3 is 4.74 Å². The highest BCUT2D eigenvalue weighted by Crippen LogP contribution is 2.20. The minimum atomic E-state index is 0.203. The maximum absolute atomic E-state index is 10.1. The molecule has 0 radical (unpaired) electrons. The van der Waals surface area contributed by atoms with Gasteiger partial charge >= 0.3 is 0 Å². The first kappa shape index (κ1) is 9.71. The molecule has 2 aromatic rings. The summed E-state index contributed by atoms with van der Waals surface area (Å²) in [7, 11) is 0. The van der Waals surface area contributed by atoms with Gasteiger partial charge in [-0.2, -0.15) is 5.10 Å². The Bertz CT molecular complexity index is 464. The van der Waals surface area contributed by atoms with Crippen LogP contribution in [0.4, 0.5) is 0 Å². The van der Waals surface area contributed by atoms with E-state index in [1.165, 1.54) is 0 Å². The molecule has 15 heavy (non-hydrogen) atoms. The Labute approximate surface area is 87.2 Å². The molecule has 0 amide bonds. The Kier molecular flexibility index (Phi) is 2.67. The Morgan fingerprint density at radius 3 is 3.27 bits per heavy atom. The molecule has 0 fully saturated rings. The lowest BCUT2D eigenvalue weighted by Crippen LogP contribution is -2.02. The maximum Gasteiger partial charge on any atom is 0.293 e. The topological polar surface area (TPSA) is 55.0 Å². The second kappa shape index (κ2) is 4.13. The fourth-order valence-electron chi connectivity index (χ4n) is 1.55. The van der Waals surface area contributed by atoms with Crippen molar-refractivity contribution in [3.63, 3.8) is 0 Å². The summed E-state index contributed by atoms with van der Waals surface area (Å²) in [5, 5.41) is 7.92. The molecule has 78 valence electrons. The van der Waals surface area contributed by atoms with Gasteiger partial charge in [0.05, 0.1) is 18.3 Å². The Balaban J connectivity index is 2.23. The van der Waals surface area contributed by atoms with E-state index >= 15 is 0 Å². The largest absolute Gasteiger partial charge is 0.467 e. The lowest BCUT2D eigenvalue weighted by Gasteiger charge is -2.09. The second-order valence-corrected chi connectivity index (χ2v) is 3.55. The molecule has 0 aliphatic rings. The van der Waals surface area contributed by atoms with Crippen LogP contribution < -0.4 is 0 Å². The van der Waals surface area contributed by atoms with Gasteiger partial charge in [-0.05, 0) is 17.7 Å². The molecular formula is C11H12N2O2. The maximum atomic E-state index is 10.1. The van der Waals surface area contributed by atoms with Crippen LogP contribution in [0.25, 0.3) is 10.9 Å². The Morgan fingerprint density at radius 2 is 2.47 bits per heavy atom. The van der Waals surface area contributed by atoms with E-state index < -0.39 is 0 Å². The van der Waals surface area contributed by atoms with Gasteiger partial charge in [0.1, 0.15) is 0 Å². The van der Waals surface area contributed by atoms with Crippen molar-refractivity contribution in [1.82, 2.24) is 10.2 Å². The molecule has 1 aromatic carbocycles. The van der Waals surface area contributed by atoms with Gasteiger partial charge in [0.25, 0.3) is 6.47 Å². The number of hydrogen-bond acceptors (Lipinski definition) is 3. The van der Waals surface area contributed by atoms with Crippen molar-refractivity contribution in [3.05, 3.63) is 30.0 Å². The number of nitrogens with one attached hydrogen (secondary N) is 1. The molecule has 1 aromatic heterocycles. The summed E-state index contributed by atoms with van der Waals surface area (Å²) < 4.78 is 4.74. The molecule has 4 heteroatoms. The molecule has 1 N–H and O–H groups in total. The van der Waals surface area contributed by atoms with Crippen LogP contribution in [-0.2, 0) is 9.53 Å². The van der Waals surface area contributed by atoms with Crippen LogP contribution >= 0.6 is 0 Å². The molecule has 0 spiro atoms. The van der Waals surface area contributed by atoms with Gasteiger partial charge in [0.2, 0.25) is 0 Å². The smallest absolute Gasteiger partial charge is 0.293 e. The number of ether oxygens (including phenoxy) is 1. The van der Waals surface area contributed by atoms with Crippen LogP contribution in [0.1, 0.15) is 18.4 Å². The fourth-order valence-corrected chi connectivity index (χ4v) is 1.55. The van der Waals surface area contributed by atoms with E-state index in [0.717, 1.165) is 16.5 Å². The highest BCUT2D eigenvalue weighted by Gasteiger charge is 2.07. The third kappa shape index (κ3) is 1.98. The summed E-state index contributed by atoms with van der Waals surface area (Å²) in [4.78, 5) is 10.1. The zero-order chi connectivity index (χ0) is 10.7. The Hall–Kier alpha value is -1.84. The molecule has 0 bridgehead atoms. The van der Waals surface area contributed by atoms with E-state index in [2.05, 4.69) is 16.3 Å². The van der Waals surface area contributed by atoms with Crippen molar-refractivity contribution < 1.29 is 9.53 Å². The number of aromatic nitrogens is 2. The number of rotatable bonds is 4. The average Bonchev–Trinajstić information content (AvgIpc) is 2.72. The minimum absolute atomic E-state index is 0.203. The summed E-state index contributed by atoms with van der Waals surface area (Å²) in [6, 6.07) is 6.05. The van der Waals surface area contributed by atoms with Gasteiger partial charge in [-0.15, -0.1) is 0 Å². The molecule has 0 saturated carbocycles. The quantitative estimate of drug-likeness (QED) is 0.773. The molecule has 0 aliphatic carbocycles. The molecule has 4 nitrogen and oxygen atoms in total. The summed E-state index contributed by atoms with van der Waals surface area (Å²) in [5.74, 6) is 0.203. The first-order valence-corrected chi connectivity index (χ1v) is 4.79. The van der Waals surface area contributed by atoms with Crippen molar-refractivity contribution in [2.45, 2.75) is 12.8 Å². The lowest BCUT2D eigenvalue weighted by atomic mass is 10.0. The van der Waals surface area contributed by atoms with Crippen LogP contribution in [-0.4, -0.2) is 23.3 Å². The van der Waals surface area contributed by atoms with Gasteiger partial charge in [0.15, 0.2) is 0 Å². The number of fused-ring (bicyclic) bond motifs is 1. The van der Waals surface area contributed by atoms with Gasteiger partial charge in [-0.25, -0.2) is 0 Å². The number of carbonyl (C=O) groups is 1. The van der Waals surface area contributed by atoms with E-state index in [1.54, 1.807) is 6.20 Å². The predicted molar refractivity (Wildman–Crippen MR) is 56.5 cm³/mol. The van der Waals surface area contributed by atoms with Gasteiger partial charge in [-0.3, -0.25) is 9.89 Å². The third-order valence-electron chi connectivity index (χ3n) is 2.45. The zero-order valence-corrected chi connectivity index (χ0v) is 8.43. The molecule has 1 atom stereocenters. The molecular weight excluding hydrogens is 192 g/mol. The molecule has 2 rings (SSSR count). The first-order chi connectivity index (χ1) is 7.31. The highest BCUT2D eigenvalue weighted by molar-refractivity contribution is 5.78. The number of nitrogens with zero attached hydrogens (tertiary/aromatic N) is 1. The van der Waals surface area contributed by atoms with Crippen LogP contribution in [0.5, 0.6) is 0 Å². The minimum Gasteiger partial charge on any atom is -0.467 e. The summed E-state index contributed by atoms with van der Waals surface area (Å²) in [6.07, 6.45) is 1.78. The van der Waals surface area contributed by atoms with Crippen LogP contribution in [0.15, 0.2) is 24.4 Å². The number of hydrogen-bond donors (Lipinski definition) is 1. The normalized spacial score (nSPS) is 12.6. The van der Waals surface area contributed by atoms with Crippen LogP contribution in [0.2, 0.25) is 0 Å². The van der Waals surface area contributed by atoms with E-state index in [4.69, 9.17) is 4.74 Å². The van der Waals surface area contributed by atoms with Crippen molar-refractivity contribution in [3.8, 4) is 0 Å². The van der Waals surface area contributed by atoms with E-state index in [-0.39, 0.29) is 5.92 Å². The third-order valence-corrected chi connectivity index (χ3v) is 2.45. The van der Waals surface area contributed by atoms with Crippen molar-refractivity contribution >= 4 is 17.4 Å². The van der Waals surface area contributed by atoms with Gasteiger partial charge in [0, 0.05) is 11.3 Å². The molecule has 1 unspecified atom stereocenters. The first-order valence-electron chi connectivity index (χ1n) is 4.79.